The fraction of sp³-hybridized carbons (Fsp3) is 1.00. The van der Waals surface area contributed by atoms with Gasteiger partial charge in [-0.3, -0.25) is 0 Å². The van der Waals surface area contributed by atoms with Gasteiger partial charge in [0.25, 0.3) is 0 Å². The summed E-state index contributed by atoms with van der Waals surface area (Å²) in [5, 5.41) is 12.7. The third kappa shape index (κ3) is 6.12. The highest BCUT2D eigenvalue weighted by Gasteiger charge is 2.35. The van der Waals surface area contributed by atoms with Crippen molar-refractivity contribution in [3.8, 4) is 0 Å². The highest BCUT2D eigenvalue weighted by atomic mass is 19.4. The molecule has 1 saturated heterocycles. The number of likely N-dealkylation sites (tertiary alicyclic amines) is 1. The van der Waals surface area contributed by atoms with Gasteiger partial charge in [0.1, 0.15) is 0 Å². The predicted molar refractivity (Wildman–Crippen MR) is 76.0 cm³/mol. The maximum absolute atomic E-state index is 12.4. The molecule has 0 radical (unpaired) electrons. The molecular formula is C15H27F3N2O. The van der Waals surface area contributed by atoms with Crippen LogP contribution in [0, 0.1) is 11.8 Å². The molecule has 21 heavy (non-hydrogen) atoms. The van der Waals surface area contributed by atoms with Gasteiger partial charge in [-0.25, -0.2) is 0 Å². The molecule has 2 rings (SSSR count). The SMILES string of the molecule is CCCN1CC(CC(O)C2CC2)CC(NCC(F)(F)F)C1. The fourth-order valence-electron chi connectivity index (χ4n) is 3.40. The molecule has 3 atom stereocenters. The molecule has 6 heteroatoms. The van der Waals surface area contributed by atoms with Gasteiger partial charge in [0.15, 0.2) is 0 Å². The van der Waals surface area contributed by atoms with E-state index in [1.165, 1.54) is 0 Å². The minimum Gasteiger partial charge on any atom is -0.393 e. The van der Waals surface area contributed by atoms with Gasteiger partial charge in [0, 0.05) is 19.1 Å². The van der Waals surface area contributed by atoms with E-state index < -0.39 is 12.7 Å². The second-order valence-electron chi connectivity index (χ2n) is 6.69. The minimum absolute atomic E-state index is 0.122. The molecule has 0 aromatic carbocycles. The Morgan fingerprint density at radius 3 is 2.57 bits per heavy atom. The predicted octanol–water partition coefficient (Wildman–Crippen LogP) is 2.40. The van der Waals surface area contributed by atoms with Crippen LogP contribution in [0.2, 0.25) is 0 Å². The summed E-state index contributed by atoms with van der Waals surface area (Å²) in [6.07, 6.45) is 0.250. The number of nitrogens with zero attached hydrogens (tertiary/aromatic N) is 1. The van der Waals surface area contributed by atoms with E-state index in [0.717, 1.165) is 45.2 Å². The molecule has 1 aliphatic carbocycles. The summed E-state index contributed by atoms with van der Waals surface area (Å²) in [7, 11) is 0. The Morgan fingerprint density at radius 1 is 1.29 bits per heavy atom. The third-order valence-corrected chi connectivity index (χ3v) is 4.48. The molecule has 0 bridgehead atoms. The molecule has 2 aliphatic rings. The van der Waals surface area contributed by atoms with Crippen LogP contribution in [0.15, 0.2) is 0 Å². The van der Waals surface area contributed by atoms with Gasteiger partial charge in [-0.2, -0.15) is 13.2 Å². The molecule has 0 aromatic rings. The van der Waals surface area contributed by atoms with Crippen LogP contribution in [0.25, 0.3) is 0 Å². The lowest BCUT2D eigenvalue weighted by Gasteiger charge is -2.39. The standard InChI is InChI=1S/C15H27F3N2O/c1-2-5-20-8-11(7-14(21)12-3-4-12)6-13(9-20)19-10-15(16,17)18/h11-14,19,21H,2-10H2,1H3. The molecule has 124 valence electrons. The van der Waals surface area contributed by atoms with E-state index in [1.54, 1.807) is 0 Å². The molecular weight excluding hydrogens is 281 g/mol. The Hall–Kier alpha value is -0.330. The van der Waals surface area contributed by atoms with Crippen molar-refractivity contribution >= 4 is 0 Å². The quantitative estimate of drug-likeness (QED) is 0.758. The first-order valence-corrected chi connectivity index (χ1v) is 8.08. The topological polar surface area (TPSA) is 35.5 Å². The van der Waals surface area contributed by atoms with Crippen LogP contribution in [0.5, 0.6) is 0 Å². The van der Waals surface area contributed by atoms with Crippen molar-refractivity contribution in [2.45, 2.75) is 57.3 Å². The van der Waals surface area contributed by atoms with Gasteiger partial charge < -0.3 is 15.3 Å². The molecule has 2 fully saturated rings. The number of rotatable bonds is 7. The molecule has 2 N–H and O–H groups in total. The largest absolute Gasteiger partial charge is 0.401 e. The molecule has 1 saturated carbocycles. The Labute approximate surface area is 124 Å². The van der Waals surface area contributed by atoms with E-state index >= 15 is 0 Å². The van der Waals surface area contributed by atoms with Crippen LogP contribution >= 0.6 is 0 Å². The Morgan fingerprint density at radius 2 is 2.00 bits per heavy atom. The van der Waals surface area contributed by atoms with E-state index in [1.807, 2.05) is 0 Å². The van der Waals surface area contributed by atoms with Crippen molar-refractivity contribution in [2.75, 3.05) is 26.2 Å². The monoisotopic (exact) mass is 308 g/mol. The van der Waals surface area contributed by atoms with Crippen LogP contribution in [0.4, 0.5) is 13.2 Å². The smallest absolute Gasteiger partial charge is 0.393 e. The Kier molecular flexibility index (Phi) is 5.91. The van der Waals surface area contributed by atoms with Gasteiger partial charge in [-0.1, -0.05) is 6.92 Å². The number of halogens is 3. The van der Waals surface area contributed by atoms with Gasteiger partial charge >= 0.3 is 6.18 Å². The van der Waals surface area contributed by atoms with Crippen LogP contribution in [-0.4, -0.2) is 54.5 Å². The zero-order valence-corrected chi connectivity index (χ0v) is 12.7. The maximum atomic E-state index is 12.4. The minimum atomic E-state index is -4.16. The summed E-state index contributed by atoms with van der Waals surface area (Å²) in [6, 6.07) is -0.122. The van der Waals surface area contributed by atoms with Crippen LogP contribution in [-0.2, 0) is 0 Å². The lowest BCUT2D eigenvalue weighted by molar-refractivity contribution is -0.127. The number of hydrogen-bond donors (Lipinski definition) is 2. The first-order chi connectivity index (χ1) is 9.87. The highest BCUT2D eigenvalue weighted by molar-refractivity contribution is 4.88. The van der Waals surface area contributed by atoms with Crippen molar-refractivity contribution in [1.29, 1.82) is 0 Å². The summed E-state index contributed by atoms with van der Waals surface area (Å²) in [4.78, 5) is 2.24. The molecule has 3 nitrogen and oxygen atoms in total. The molecule has 3 unspecified atom stereocenters. The van der Waals surface area contributed by atoms with Crippen LogP contribution in [0.3, 0.4) is 0 Å². The van der Waals surface area contributed by atoms with E-state index in [4.69, 9.17) is 0 Å². The Balaban J connectivity index is 1.84. The number of aliphatic hydroxyl groups excluding tert-OH is 1. The number of aliphatic hydroxyl groups is 1. The van der Waals surface area contributed by atoms with Gasteiger partial charge in [0.2, 0.25) is 0 Å². The van der Waals surface area contributed by atoms with Crippen molar-refractivity contribution in [3.05, 3.63) is 0 Å². The first kappa shape index (κ1) is 17.0. The van der Waals surface area contributed by atoms with E-state index in [0.29, 0.717) is 18.4 Å². The number of alkyl halides is 3. The average Bonchev–Trinajstić information content (AvgIpc) is 3.20. The molecule has 0 aromatic heterocycles. The summed E-state index contributed by atoms with van der Waals surface area (Å²) >= 11 is 0. The highest BCUT2D eigenvalue weighted by Crippen LogP contribution is 2.36. The van der Waals surface area contributed by atoms with Gasteiger partial charge in [-0.15, -0.1) is 0 Å². The van der Waals surface area contributed by atoms with Crippen LogP contribution in [0.1, 0.15) is 39.0 Å². The first-order valence-electron chi connectivity index (χ1n) is 8.08. The molecule has 0 spiro atoms. The zero-order chi connectivity index (χ0) is 15.5. The van der Waals surface area contributed by atoms with Crippen molar-refractivity contribution < 1.29 is 18.3 Å². The normalized spacial score (nSPS) is 29.6. The number of hydrogen-bond acceptors (Lipinski definition) is 3. The van der Waals surface area contributed by atoms with Crippen molar-refractivity contribution in [3.63, 3.8) is 0 Å². The van der Waals surface area contributed by atoms with Crippen LogP contribution < -0.4 is 5.32 Å². The number of nitrogens with one attached hydrogen (secondary N) is 1. The second-order valence-corrected chi connectivity index (χ2v) is 6.69. The number of piperidine rings is 1. The Bertz CT molecular complexity index is 321. The molecule has 0 amide bonds. The fourth-order valence-corrected chi connectivity index (χ4v) is 3.40. The lowest BCUT2D eigenvalue weighted by atomic mass is 9.88. The van der Waals surface area contributed by atoms with E-state index in [9.17, 15) is 18.3 Å². The third-order valence-electron chi connectivity index (χ3n) is 4.48. The average molecular weight is 308 g/mol. The second kappa shape index (κ2) is 7.29. The van der Waals surface area contributed by atoms with E-state index in [-0.39, 0.29) is 12.1 Å². The lowest BCUT2D eigenvalue weighted by Crippen LogP contribution is -2.51. The van der Waals surface area contributed by atoms with Gasteiger partial charge in [0.05, 0.1) is 12.6 Å². The summed E-state index contributed by atoms with van der Waals surface area (Å²) in [5.41, 5.74) is 0. The summed E-state index contributed by atoms with van der Waals surface area (Å²) < 4.78 is 37.1. The molecule has 1 aliphatic heterocycles. The van der Waals surface area contributed by atoms with E-state index in [2.05, 4.69) is 17.1 Å². The van der Waals surface area contributed by atoms with Crippen molar-refractivity contribution in [2.24, 2.45) is 11.8 Å². The maximum Gasteiger partial charge on any atom is 0.401 e. The zero-order valence-electron chi connectivity index (χ0n) is 12.7. The van der Waals surface area contributed by atoms with Gasteiger partial charge in [-0.05, 0) is 50.5 Å². The van der Waals surface area contributed by atoms with Crippen molar-refractivity contribution in [1.82, 2.24) is 10.2 Å². The summed E-state index contributed by atoms with van der Waals surface area (Å²) in [5.74, 6) is 0.736. The molecule has 1 heterocycles. The summed E-state index contributed by atoms with van der Waals surface area (Å²) in [6.45, 7) is 3.66.